The minimum Gasteiger partial charge on any atom is -0.269 e. The van der Waals surface area contributed by atoms with Gasteiger partial charge in [0.05, 0.1) is 6.20 Å². The van der Waals surface area contributed by atoms with E-state index in [1.54, 1.807) is 10.9 Å². The highest BCUT2D eigenvalue weighted by molar-refractivity contribution is 7.89. The molecule has 5 nitrogen and oxygen atoms in total. The first-order valence-corrected chi connectivity index (χ1v) is 8.01. The average molecular weight is 271 g/mol. The first-order valence-electron chi connectivity index (χ1n) is 6.53. The molecule has 0 amide bonds. The number of rotatable bonds is 5. The molecular formula is C12H21N3O2S. The van der Waals surface area contributed by atoms with Crippen molar-refractivity contribution in [2.45, 2.75) is 50.5 Å². The van der Waals surface area contributed by atoms with Crippen LogP contribution in [0.1, 0.15) is 45.6 Å². The van der Waals surface area contributed by atoms with Crippen LogP contribution in [0.15, 0.2) is 17.3 Å². The third-order valence-electron chi connectivity index (χ3n) is 3.45. The quantitative estimate of drug-likeness (QED) is 0.890. The topological polar surface area (TPSA) is 64.0 Å². The van der Waals surface area contributed by atoms with Gasteiger partial charge in [0, 0.05) is 18.8 Å². The maximum atomic E-state index is 12.1. The van der Waals surface area contributed by atoms with E-state index in [1.165, 1.54) is 19.0 Å². The van der Waals surface area contributed by atoms with Gasteiger partial charge in [-0.15, -0.1) is 0 Å². The zero-order chi connectivity index (χ0) is 13.2. The van der Waals surface area contributed by atoms with Crippen molar-refractivity contribution in [1.82, 2.24) is 14.5 Å². The van der Waals surface area contributed by atoms with Gasteiger partial charge in [-0.3, -0.25) is 4.68 Å². The maximum Gasteiger partial charge on any atom is 0.243 e. The maximum absolute atomic E-state index is 12.1. The predicted molar refractivity (Wildman–Crippen MR) is 69.8 cm³/mol. The van der Waals surface area contributed by atoms with E-state index >= 15 is 0 Å². The Morgan fingerprint density at radius 3 is 2.67 bits per heavy atom. The Labute approximate surface area is 109 Å². The fourth-order valence-electron chi connectivity index (χ4n) is 2.27. The fourth-order valence-corrected chi connectivity index (χ4v) is 3.32. The summed E-state index contributed by atoms with van der Waals surface area (Å²) in [6.45, 7) is 4.49. The number of nitrogens with zero attached hydrogens (tertiary/aromatic N) is 2. The van der Waals surface area contributed by atoms with Crippen molar-refractivity contribution in [3.05, 3.63) is 12.4 Å². The predicted octanol–water partition coefficient (Wildman–Crippen LogP) is 1.93. The molecule has 1 aliphatic carbocycles. The molecule has 2 rings (SSSR count). The van der Waals surface area contributed by atoms with Crippen molar-refractivity contribution >= 4 is 10.0 Å². The van der Waals surface area contributed by atoms with Gasteiger partial charge in [-0.05, 0) is 32.6 Å². The summed E-state index contributed by atoms with van der Waals surface area (Å²) in [5, 5.41) is 4.06. The van der Waals surface area contributed by atoms with Crippen LogP contribution in [0.25, 0.3) is 0 Å². The minimum absolute atomic E-state index is 0.170. The van der Waals surface area contributed by atoms with E-state index in [4.69, 9.17) is 0 Å². The first-order chi connectivity index (χ1) is 8.49. The highest BCUT2D eigenvalue weighted by atomic mass is 32.2. The van der Waals surface area contributed by atoms with E-state index in [0.717, 1.165) is 12.8 Å². The molecule has 0 atom stereocenters. The highest BCUT2D eigenvalue weighted by Crippen LogP contribution is 2.24. The van der Waals surface area contributed by atoms with Crippen molar-refractivity contribution < 1.29 is 8.42 Å². The number of hydrogen-bond donors (Lipinski definition) is 1. The lowest BCUT2D eigenvalue weighted by molar-refractivity contribution is 0.518. The van der Waals surface area contributed by atoms with Crippen LogP contribution in [0.5, 0.6) is 0 Å². The Kier molecular flexibility index (Phi) is 4.07. The highest BCUT2D eigenvalue weighted by Gasteiger charge is 2.21. The molecule has 0 radical (unpaired) electrons. The summed E-state index contributed by atoms with van der Waals surface area (Å²) in [7, 11) is -3.39. The first kappa shape index (κ1) is 13.5. The molecule has 102 valence electrons. The van der Waals surface area contributed by atoms with Crippen molar-refractivity contribution in [2.75, 3.05) is 6.54 Å². The molecule has 0 aliphatic heterocycles. The molecule has 6 heteroatoms. The summed E-state index contributed by atoms with van der Waals surface area (Å²) in [6, 6.07) is 0.170. The normalized spacial score (nSPS) is 17.7. The molecule has 0 unspecified atom stereocenters. The minimum atomic E-state index is -3.39. The summed E-state index contributed by atoms with van der Waals surface area (Å²) in [6.07, 6.45) is 7.70. The Bertz CT molecular complexity index is 487. The van der Waals surface area contributed by atoms with Gasteiger partial charge in [-0.1, -0.05) is 12.8 Å². The number of aromatic nitrogens is 2. The Morgan fingerprint density at radius 1 is 1.44 bits per heavy atom. The van der Waals surface area contributed by atoms with E-state index in [0.29, 0.717) is 12.5 Å². The van der Waals surface area contributed by atoms with Crippen LogP contribution in [-0.4, -0.2) is 24.7 Å². The smallest absolute Gasteiger partial charge is 0.243 e. The van der Waals surface area contributed by atoms with Crippen LogP contribution >= 0.6 is 0 Å². The summed E-state index contributed by atoms with van der Waals surface area (Å²) in [5.74, 6) is 0.500. The second-order valence-corrected chi connectivity index (χ2v) is 7.02. The molecular weight excluding hydrogens is 250 g/mol. The van der Waals surface area contributed by atoms with E-state index in [9.17, 15) is 8.42 Å². The zero-order valence-corrected chi connectivity index (χ0v) is 11.8. The zero-order valence-electron chi connectivity index (χ0n) is 11.0. The molecule has 1 saturated carbocycles. The van der Waals surface area contributed by atoms with E-state index < -0.39 is 10.0 Å². The SMILES string of the molecule is CC(C)n1cc(S(=O)(=O)NCC2CCCC2)cn1. The van der Waals surface area contributed by atoms with Gasteiger partial charge in [0.15, 0.2) is 0 Å². The molecule has 1 aromatic heterocycles. The van der Waals surface area contributed by atoms with E-state index in [2.05, 4.69) is 9.82 Å². The van der Waals surface area contributed by atoms with Crippen LogP contribution in [0.3, 0.4) is 0 Å². The lowest BCUT2D eigenvalue weighted by Gasteiger charge is -2.10. The van der Waals surface area contributed by atoms with Crippen molar-refractivity contribution in [3.63, 3.8) is 0 Å². The van der Waals surface area contributed by atoms with E-state index in [-0.39, 0.29) is 10.9 Å². The molecule has 1 heterocycles. The molecule has 0 bridgehead atoms. The van der Waals surface area contributed by atoms with Crippen molar-refractivity contribution in [2.24, 2.45) is 5.92 Å². The van der Waals surface area contributed by atoms with Gasteiger partial charge in [0.25, 0.3) is 0 Å². The molecule has 1 N–H and O–H groups in total. The molecule has 1 aromatic rings. The summed E-state index contributed by atoms with van der Waals surface area (Å²) in [5.41, 5.74) is 0. The van der Waals surface area contributed by atoms with Gasteiger partial charge in [0.1, 0.15) is 4.90 Å². The molecule has 1 fully saturated rings. The van der Waals surface area contributed by atoms with Gasteiger partial charge >= 0.3 is 0 Å². The van der Waals surface area contributed by atoms with E-state index in [1.807, 2.05) is 13.8 Å². The fraction of sp³-hybridized carbons (Fsp3) is 0.750. The standard InChI is InChI=1S/C12H21N3O2S/c1-10(2)15-9-12(8-13-15)18(16,17)14-7-11-5-3-4-6-11/h8-11,14H,3-7H2,1-2H3. The molecule has 0 saturated heterocycles. The largest absolute Gasteiger partial charge is 0.269 e. The number of hydrogen-bond acceptors (Lipinski definition) is 3. The monoisotopic (exact) mass is 271 g/mol. The second kappa shape index (κ2) is 5.40. The van der Waals surface area contributed by atoms with Crippen LogP contribution < -0.4 is 4.72 Å². The lowest BCUT2D eigenvalue weighted by Crippen LogP contribution is -2.28. The summed E-state index contributed by atoms with van der Waals surface area (Å²) >= 11 is 0. The molecule has 0 spiro atoms. The van der Waals surface area contributed by atoms with Gasteiger partial charge < -0.3 is 0 Å². The van der Waals surface area contributed by atoms with Crippen molar-refractivity contribution in [1.29, 1.82) is 0 Å². The van der Waals surface area contributed by atoms with Gasteiger partial charge in [0.2, 0.25) is 10.0 Å². The molecule has 0 aromatic carbocycles. The third-order valence-corrected chi connectivity index (χ3v) is 4.83. The second-order valence-electron chi connectivity index (χ2n) is 5.25. The third kappa shape index (κ3) is 3.11. The number of sulfonamides is 1. The summed E-state index contributed by atoms with van der Waals surface area (Å²) < 4.78 is 28.5. The molecule has 1 aliphatic rings. The van der Waals surface area contributed by atoms with Crippen LogP contribution in [0.4, 0.5) is 0 Å². The van der Waals surface area contributed by atoms with Crippen LogP contribution in [0.2, 0.25) is 0 Å². The lowest BCUT2D eigenvalue weighted by atomic mass is 10.1. The Balaban J connectivity index is 2.00. The number of nitrogens with one attached hydrogen (secondary N) is 1. The Hall–Kier alpha value is -0.880. The average Bonchev–Trinajstić information content (AvgIpc) is 2.98. The van der Waals surface area contributed by atoms with Crippen molar-refractivity contribution in [3.8, 4) is 0 Å². The molecule has 18 heavy (non-hydrogen) atoms. The summed E-state index contributed by atoms with van der Waals surface area (Å²) in [4.78, 5) is 0.259. The van der Waals surface area contributed by atoms with Gasteiger partial charge in [-0.25, -0.2) is 13.1 Å². The van der Waals surface area contributed by atoms with Crippen LogP contribution in [-0.2, 0) is 10.0 Å². The van der Waals surface area contributed by atoms with Gasteiger partial charge in [-0.2, -0.15) is 5.10 Å². The van der Waals surface area contributed by atoms with Crippen LogP contribution in [0, 0.1) is 5.92 Å². The Morgan fingerprint density at radius 2 is 2.11 bits per heavy atom.